The van der Waals surface area contributed by atoms with E-state index >= 15 is 0 Å². The number of pyridine rings is 1. The van der Waals surface area contributed by atoms with Gasteiger partial charge in [-0.3, -0.25) is 9.59 Å². The van der Waals surface area contributed by atoms with Gasteiger partial charge in [0.1, 0.15) is 5.56 Å². The van der Waals surface area contributed by atoms with Gasteiger partial charge in [-0.25, -0.2) is 0 Å². The van der Waals surface area contributed by atoms with E-state index < -0.39 is 17.1 Å². The summed E-state index contributed by atoms with van der Waals surface area (Å²) in [5.41, 5.74) is 0.343. The molecule has 0 spiro atoms. The highest BCUT2D eigenvalue weighted by Crippen LogP contribution is 2.26. The van der Waals surface area contributed by atoms with Gasteiger partial charge in [-0.2, -0.15) is 0 Å². The van der Waals surface area contributed by atoms with Crippen molar-refractivity contribution in [3.05, 3.63) is 58.4 Å². The molecule has 2 aromatic rings. The maximum absolute atomic E-state index is 12.3. The number of hydrogen-bond acceptors (Lipinski definition) is 3. The molecular weight excluding hydrogens is 316 g/mol. The largest absolute Gasteiger partial charge is 0.388 e. The molecule has 1 fully saturated rings. The highest BCUT2D eigenvalue weighted by molar-refractivity contribution is 5.94. The quantitative estimate of drug-likeness (QED) is 0.749. The average molecular weight is 340 g/mol. The summed E-state index contributed by atoms with van der Waals surface area (Å²) in [5.74, 6) is -0.446. The third-order valence-electron chi connectivity index (χ3n) is 4.85. The van der Waals surface area contributed by atoms with Crippen LogP contribution in [-0.4, -0.2) is 28.1 Å². The van der Waals surface area contributed by atoms with Crippen LogP contribution in [0.4, 0.5) is 0 Å². The van der Waals surface area contributed by atoms with Gasteiger partial charge < -0.3 is 15.4 Å². The van der Waals surface area contributed by atoms with Crippen molar-refractivity contribution >= 4 is 5.91 Å². The molecular formula is C20H24N2O3. The second kappa shape index (κ2) is 7.66. The first-order chi connectivity index (χ1) is 12.1. The lowest BCUT2D eigenvalue weighted by Gasteiger charge is -2.26. The van der Waals surface area contributed by atoms with Crippen LogP contribution in [-0.2, 0) is 0 Å². The molecule has 25 heavy (non-hydrogen) atoms. The van der Waals surface area contributed by atoms with E-state index in [1.807, 2.05) is 30.3 Å². The Hall–Kier alpha value is -2.40. The molecule has 0 saturated heterocycles. The molecule has 1 heterocycles. The number of carbonyl (C=O) groups excluding carboxylic acids is 1. The van der Waals surface area contributed by atoms with Crippen LogP contribution >= 0.6 is 0 Å². The molecule has 0 bridgehead atoms. The number of H-pyrrole nitrogens is 1. The van der Waals surface area contributed by atoms with Crippen molar-refractivity contribution in [3.63, 3.8) is 0 Å². The smallest absolute Gasteiger partial charge is 0.261 e. The van der Waals surface area contributed by atoms with Crippen molar-refractivity contribution in [2.45, 2.75) is 44.1 Å². The van der Waals surface area contributed by atoms with Gasteiger partial charge in [0.25, 0.3) is 11.5 Å². The van der Waals surface area contributed by atoms with Crippen molar-refractivity contribution in [1.82, 2.24) is 10.3 Å². The maximum Gasteiger partial charge on any atom is 0.261 e. The number of carbonyl (C=O) groups is 1. The molecule has 1 aromatic heterocycles. The Balaban J connectivity index is 1.69. The van der Waals surface area contributed by atoms with E-state index in [9.17, 15) is 14.7 Å². The molecule has 0 atom stereocenters. The van der Waals surface area contributed by atoms with Gasteiger partial charge in [-0.1, -0.05) is 56.0 Å². The summed E-state index contributed by atoms with van der Waals surface area (Å²) in [5, 5.41) is 13.3. The first-order valence-electron chi connectivity index (χ1n) is 8.87. The van der Waals surface area contributed by atoms with Crippen molar-refractivity contribution in [2.75, 3.05) is 6.54 Å². The van der Waals surface area contributed by atoms with Gasteiger partial charge in [0.2, 0.25) is 0 Å². The summed E-state index contributed by atoms with van der Waals surface area (Å²) in [6.07, 6.45) is 5.57. The second-order valence-corrected chi connectivity index (χ2v) is 6.80. The number of amides is 1. The van der Waals surface area contributed by atoms with Crippen molar-refractivity contribution in [2.24, 2.45) is 0 Å². The highest BCUT2D eigenvalue weighted by Gasteiger charge is 2.28. The third-order valence-corrected chi connectivity index (χ3v) is 4.85. The first kappa shape index (κ1) is 17.4. The lowest BCUT2D eigenvalue weighted by Crippen LogP contribution is -2.43. The molecule has 1 amide bonds. The summed E-state index contributed by atoms with van der Waals surface area (Å²) in [6.45, 7) is 0.186. The molecule has 5 nitrogen and oxygen atoms in total. The van der Waals surface area contributed by atoms with Crippen LogP contribution in [0.25, 0.3) is 11.3 Å². The zero-order chi connectivity index (χ0) is 17.7. The summed E-state index contributed by atoms with van der Waals surface area (Å²) in [7, 11) is 0. The van der Waals surface area contributed by atoms with E-state index in [-0.39, 0.29) is 12.1 Å². The van der Waals surface area contributed by atoms with E-state index in [0.29, 0.717) is 18.5 Å². The lowest BCUT2D eigenvalue weighted by atomic mass is 9.94. The fraction of sp³-hybridized carbons (Fsp3) is 0.400. The Morgan fingerprint density at radius 1 is 1.04 bits per heavy atom. The van der Waals surface area contributed by atoms with Crippen molar-refractivity contribution < 1.29 is 9.90 Å². The number of benzene rings is 1. The van der Waals surface area contributed by atoms with Crippen LogP contribution in [0.5, 0.6) is 0 Å². The molecule has 0 unspecified atom stereocenters. The Morgan fingerprint density at radius 3 is 2.36 bits per heavy atom. The minimum atomic E-state index is -0.858. The van der Waals surface area contributed by atoms with Crippen molar-refractivity contribution in [1.29, 1.82) is 0 Å². The normalized spacial score (nSPS) is 16.8. The van der Waals surface area contributed by atoms with Gasteiger partial charge >= 0.3 is 0 Å². The molecule has 132 valence electrons. The maximum atomic E-state index is 12.3. The molecule has 1 aromatic carbocycles. The van der Waals surface area contributed by atoms with Crippen LogP contribution in [0, 0.1) is 0 Å². The number of nitrogens with one attached hydrogen (secondary N) is 2. The monoisotopic (exact) mass is 340 g/mol. The van der Waals surface area contributed by atoms with Crippen LogP contribution in [0.1, 0.15) is 48.9 Å². The van der Waals surface area contributed by atoms with E-state index in [2.05, 4.69) is 10.3 Å². The standard InChI is InChI=1S/C20H24N2O3/c23-18(21-14-20(25)12-6-1-2-7-13-20)16-10-11-17(22-19(16)24)15-8-4-3-5-9-15/h3-5,8-11,25H,1-2,6-7,12-14H2,(H,21,23)(H,22,24). The number of aliphatic hydroxyl groups is 1. The number of rotatable bonds is 4. The van der Waals surface area contributed by atoms with Gasteiger partial charge in [-0.15, -0.1) is 0 Å². The zero-order valence-electron chi connectivity index (χ0n) is 14.3. The minimum absolute atomic E-state index is 0.0666. The van der Waals surface area contributed by atoms with E-state index in [4.69, 9.17) is 0 Å². The van der Waals surface area contributed by atoms with Crippen molar-refractivity contribution in [3.8, 4) is 11.3 Å². The molecule has 1 aliphatic carbocycles. The van der Waals surface area contributed by atoms with Gasteiger partial charge in [0, 0.05) is 12.2 Å². The molecule has 0 radical (unpaired) electrons. The summed E-state index contributed by atoms with van der Waals surface area (Å²) in [6, 6.07) is 12.7. The number of hydrogen-bond donors (Lipinski definition) is 3. The van der Waals surface area contributed by atoms with Gasteiger partial charge in [0.05, 0.1) is 5.60 Å². The van der Waals surface area contributed by atoms with Gasteiger partial charge in [-0.05, 0) is 30.5 Å². The summed E-state index contributed by atoms with van der Waals surface area (Å²) < 4.78 is 0. The fourth-order valence-electron chi connectivity index (χ4n) is 3.34. The topological polar surface area (TPSA) is 82.2 Å². The Labute approximate surface area is 147 Å². The van der Waals surface area contributed by atoms with E-state index in [1.165, 1.54) is 6.07 Å². The van der Waals surface area contributed by atoms with Crippen LogP contribution in [0.3, 0.4) is 0 Å². The molecule has 5 heteroatoms. The number of aromatic amines is 1. The Morgan fingerprint density at radius 2 is 1.72 bits per heavy atom. The Kier molecular flexibility index (Phi) is 5.34. The predicted molar refractivity (Wildman–Crippen MR) is 97.5 cm³/mol. The minimum Gasteiger partial charge on any atom is -0.388 e. The van der Waals surface area contributed by atoms with Crippen LogP contribution in [0.15, 0.2) is 47.3 Å². The van der Waals surface area contributed by atoms with Crippen LogP contribution < -0.4 is 10.9 Å². The molecule has 1 aliphatic rings. The molecule has 1 saturated carbocycles. The zero-order valence-corrected chi connectivity index (χ0v) is 14.3. The molecule has 3 N–H and O–H groups in total. The lowest BCUT2D eigenvalue weighted by molar-refractivity contribution is 0.0246. The summed E-state index contributed by atoms with van der Waals surface area (Å²) in [4.78, 5) is 27.4. The van der Waals surface area contributed by atoms with Crippen LogP contribution in [0.2, 0.25) is 0 Å². The first-order valence-corrected chi connectivity index (χ1v) is 8.87. The fourth-order valence-corrected chi connectivity index (χ4v) is 3.34. The highest BCUT2D eigenvalue weighted by atomic mass is 16.3. The predicted octanol–water partition coefficient (Wildman–Crippen LogP) is 2.86. The Bertz CT molecular complexity index is 775. The van der Waals surface area contributed by atoms with Gasteiger partial charge in [0.15, 0.2) is 0 Å². The summed E-state index contributed by atoms with van der Waals surface area (Å²) >= 11 is 0. The van der Waals surface area contributed by atoms with E-state index in [1.54, 1.807) is 6.07 Å². The number of aromatic nitrogens is 1. The average Bonchev–Trinajstić information content (AvgIpc) is 2.85. The molecule has 0 aliphatic heterocycles. The van der Waals surface area contributed by atoms with E-state index in [0.717, 1.165) is 31.2 Å². The molecule has 3 rings (SSSR count). The SMILES string of the molecule is O=C(NCC1(O)CCCCCC1)c1ccc(-c2ccccc2)[nH]c1=O. The third kappa shape index (κ3) is 4.37. The second-order valence-electron chi connectivity index (χ2n) is 6.80.